The molecule has 0 radical (unpaired) electrons. The third kappa shape index (κ3) is 6.83. The van der Waals surface area contributed by atoms with Crippen molar-refractivity contribution in [1.82, 2.24) is 5.32 Å². The Labute approximate surface area is 159 Å². The molecule has 6 heteroatoms. The molecule has 5 nitrogen and oxygen atoms in total. The van der Waals surface area contributed by atoms with Crippen molar-refractivity contribution >= 4 is 17.5 Å². The number of amides is 2. The van der Waals surface area contributed by atoms with Gasteiger partial charge in [0.05, 0.1) is 13.1 Å². The molecule has 144 valence electrons. The minimum atomic E-state index is -0.408. The molecule has 0 aliphatic carbocycles. The Morgan fingerprint density at radius 2 is 1.74 bits per heavy atom. The lowest BCUT2D eigenvalue weighted by Gasteiger charge is -2.17. The van der Waals surface area contributed by atoms with Crippen LogP contribution >= 0.6 is 0 Å². The summed E-state index contributed by atoms with van der Waals surface area (Å²) < 4.78 is 13.1. The van der Waals surface area contributed by atoms with Gasteiger partial charge in [-0.2, -0.15) is 0 Å². The van der Waals surface area contributed by atoms with Gasteiger partial charge in [0.15, 0.2) is 13.1 Å². The van der Waals surface area contributed by atoms with Gasteiger partial charge in [-0.1, -0.05) is 37.3 Å². The van der Waals surface area contributed by atoms with Crippen molar-refractivity contribution in [3.8, 4) is 0 Å². The lowest BCUT2D eigenvalue weighted by Crippen LogP contribution is -3.11. The van der Waals surface area contributed by atoms with E-state index in [0.29, 0.717) is 5.69 Å². The molecule has 0 saturated carbocycles. The maximum atomic E-state index is 13.1. The van der Waals surface area contributed by atoms with Crippen molar-refractivity contribution in [2.75, 3.05) is 25.5 Å². The number of nitrogens with one attached hydrogen (secondary N) is 3. The highest BCUT2D eigenvalue weighted by atomic mass is 19.1. The van der Waals surface area contributed by atoms with Gasteiger partial charge >= 0.3 is 0 Å². The Morgan fingerprint density at radius 3 is 2.37 bits per heavy atom. The van der Waals surface area contributed by atoms with E-state index >= 15 is 0 Å². The lowest BCUT2D eigenvalue weighted by atomic mass is 10.1. The molecule has 2 aromatic carbocycles. The Balaban J connectivity index is 1.79. The van der Waals surface area contributed by atoms with Gasteiger partial charge in [-0.15, -0.1) is 0 Å². The van der Waals surface area contributed by atoms with E-state index in [9.17, 15) is 14.0 Å². The highest BCUT2D eigenvalue weighted by Gasteiger charge is 2.16. The van der Waals surface area contributed by atoms with Crippen molar-refractivity contribution < 1.29 is 18.9 Å². The van der Waals surface area contributed by atoms with Crippen LogP contribution in [0, 0.1) is 5.82 Å². The number of rotatable bonds is 8. The first-order valence-electron chi connectivity index (χ1n) is 9.12. The van der Waals surface area contributed by atoms with Gasteiger partial charge in [0.2, 0.25) is 0 Å². The van der Waals surface area contributed by atoms with Crippen LogP contribution < -0.4 is 15.5 Å². The number of hydrogen-bond donors (Lipinski definition) is 3. The second-order valence-electron chi connectivity index (χ2n) is 6.75. The second kappa shape index (κ2) is 9.83. The van der Waals surface area contributed by atoms with Gasteiger partial charge in [-0.25, -0.2) is 4.39 Å². The van der Waals surface area contributed by atoms with Gasteiger partial charge in [-0.3, -0.25) is 9.59 Å². The summed E-state index contributed by atoms with van der Waals surface area (Å²) in [5, 5.41) is 5.59. The molecular formula is C21H27FN3O2+. The predicted octanol–water partition coefficient (Wildman–Crippen LogP) is 1.72. The van der Waals surface area contributed by atoms with Crippen LogP contribution in [0.15, 0.2) is 48.5 Å². The quantitative estimate of drug-likeness (QED) is 0.661. The van der Waals surface area contributed by atoms with E-state index in [0.717, 1.165) is 16.9 Å². The molecule has 0 heterocycles. The molecule has 0 saturated heterocycles. The zero-order valence-electron chi connectivity index (χ0n) is 16.0. The van der Waals surface area contributed by atoms with Crippen molar-refractivity contribution in [2.45, 2.75) is 26.3 Å². The van der Waals surface area contributed by atoms with Crippen LogP contribution in [0.4, 0.5) is 10.1 Å². The van der Waals surface area contributed by atoms with E-state index in [1.165, 1.54) is 23.8 Å². The van der Waals surface area contributed by atoms with Gasteiger partial charge < -0.3 is 15.5 Å². The van der Waals surface area contributed by atoms with Crippen molar-refractivity contribution in [3.05, 3.63) is 65.5 Å². The fourth-order valence-corrected chi connectivity index (χ4v) is 2.80. The summed E-state index contributed by atoms with van der Waals surface area (Å²) in [5.74, 6) is -0.805. The standard InChI is InChI=1S/C21H26FN3O2/c1-4-16-8-10-17(11-9-16)15(2)23-20(26)13-25(3)14-21(27)24-19-7-5-6-18(22)12-19/h5-12,15H,4,13-14H2,1-3H3,(H,23,26)(H,24,27)/p+1/t15-/m0/s1. The first-order chi connectivity index (χ1) is 12.9. The lowest BCUT2D eigenvalue weighted by molar-refractivity contribution is -0.862. The number of aryl methyl sites for hydroxylation is 1. The Hall–Kier alpha value is -2.73. The zero-order chi connectivity index (χ0) is 19.8. The van der Waals surface area contributed by atoms with E-state index in [4.69, 9.17) is 0 Å². The molecule has 2 rings (SSSR count). The first kappa shape index (κ1) is 20.6. The van der Waals surface area contributed by atoms with Gasteiger partial charge in [0, 0.05) is 5.69 Å². The summed E-state index contributed by atoms with van der Waals surface area (Å²) in [6.45, 7) is 4.32. The Kier molecular flexibility index (Phi) is 7.49. The Bertz CT molecular complexity index is 777. The summed E-state index contributed by atoms with van der Waals surface area (Å²) in [6.07, 6.45) is 0.979. The maximum absolute atomic E-state index is 13.1. The molecular weight excluding hydrogens is 345 g/mol. The van der Waals surface area contributed by atoms with Crippen LogP contribution in [-0.4, -0.2) is 32.0 Å². The van der Waals surface area contributed by atoms with E-state index in [1.54, 1.807) is 13.1 Å². The predicted molar refractivity (Wildman–Crippen MR) is 104 cm³/mol. The molecule has 0 fully saturated rings. The van der Waals surface area contributed by atoms with E-state index in [1.807, 2.05) is 19.1 Å². The highest BCUT2D eigenvalue weighted by molar-refractivity contribution is 5.91. The SMILES string of the molecule is CCc1ccc([C@H](C)NC(=O)C[NH+](C)CC(=O)Nc2cccc(F)c2)cc1. The third-order valence-electron chi connectivity index (χ3n) is 4.30. The first-order valence-corrected chi connectivity index (χ1v) is 9.12. The molecule has 2 atom stereocenters. The minimum Gasteiger partial charge on any atom is -0.345 e. The topological polar surface area (TPSA) is 62.6 Å². The number of likely N-dealkylation sites (N-methyl/N-ethyl adjacent to an activating group) is 1. The molecule has 2 aromatic rings. The van der Waals surface area contributed by atoms with E-state index < -0.39 is 5.82 Å². The van der Waals surface area contributed by atoms with Gasteiger partial charge in [0.25, 0.3) is 11.8 Å². The summed E-state index contributed by atoms with van der Waals surface area (Å²) in [4.78, 5) is 25.0. The third-order valence-corrected chi connectivity index (χ3v) is 4.30. The van der Waals surface area contributed by atoms with Crippen LogP contribution in [0.3, 0.4) is 0 Å². The van der Waals surface area contributed by atoms with Crippen molar-refractivity contribution in [2.24, 2.45) is 0 Å². The molecule has 0 spiro atoms. The van der Waals surface area contributed by atoms with Crippen molar-refractivity contribution in [3.63, 3.8) is 0 Å². The van der Waals surface area contributed by atoms with Crippen LogP contribution in [-0.2, 0) is 16.0 Å². The molecule has 0 aliphatic heterocycles. The van der Waals surface area contributed by atoms with Gasteiger partial charge in [-0.05, 0) is 42.7 Å². The summed E-state index contributed by atoms with van der Waals surface area (Å²) in [5.41, 5.74) is 2.70. The number of carbonyl (C=O) groups excluding carboxylic acids is 2. The molecule has 0 bridgehead atoms. The number of hydrogen-bond acceptors (Lipinski definition) is 2. The zero-order valence-corrected chi connectivity index (χ0v) is 16.0. The highest BCUT2D eigenvalue weighted by Crippen LogP contribution is 2.13. The largest absolute Gasteiger partial charge is 0.345 e. The van der Waals surface area contributed by atoms with Crippen LogP contribution in [0.1, 0.15) is 31.0 Å². The van der Waals surface area contributed by atoms with Gasteiger partial charge in [0.1, 0.15) is 5.82 Å². The summed E-state index contributed by atoms with van der Waals surface area (Å²) >= 11 is 0. The van der Waals surface area contributed by atoms with E-state index in [-0.39, 0.29) is 30.9 Å². The average Bonchev–Trinajstić information content (AvgIpc) is 2.61. The second-order valence-corrected chi connectivity index (χ2v) is 6.75. The minimum absolute atomic E-state index is 0.0997. The molecule has 0 aromatic heterocycles. The smallest absolute Gasteiger partial charge is 0.279 e. The summed E-state index contributed by atoms with van der Waals surface area (Å²) in [6, 6.07) is 13.8. The molecule has 0 aliphatic rings. The molecule has 2 amide bonds. The van der Waals surface area contributed by atoms with Crippen LogP contribution in [0.2, 0.25) is 0 Å². The van der Waals surface area contributed by atoms with E-state index in [2.05, 4.69) is 29.7 Å². The molecule has 27 heavy (non-hydrogen) atoms. The Morgan fingerprint density at radius 1 is 1.07 bits per heavy atom. The number of benzene rings is 2. The fraction of sp³-hybridized carbons (Fsp3) is 0.333. The molecule has 3 N–H and O–H groups in total. The monoisotopic (exact) mass is 372 g/mol. The fourth-order valence-electron chi connectivity index (χ4n) is 2.80. The van der Waals surface area contributed by atoms with Crippen molar-refractivity contribution in [1.29, 1.82) is 0 Å². The van der Waals surface area contributed by atoms with Crippen LogP contribution in [0.25, 0.3) is 0 Å². The number of carbonyl (C=O) groups is 2. The van der Waals surface area contributed by atoms with Crippen LogP contribution in [0.5, 0.6) is 0 Å². The number of quaternary nitrogens is 1. The molecule has 1 unspecified atom stereocenters. The summed E-state index contributed by atoms with van der Waals surface area (Å²) in [7, 11) is 1.77. The average molecular weight is 372 g/mol. The maximum Gasteiger partial charge on any atom is 0.279 e. The number of anilines is 1. The normalized spacial score (nSPS) is 12.9. The number of halogens is 1.